The smallest absolute Gasteiger partial charge is 0.129 e. The fourth-order valence-electron chi connectivity index (χ4n) is 4.09. The summed E-state index contributed by atoms with van der Waals surface area (Å²) in [6.07, 6.45) is 10.0. The fourth-order valence-corrected chi connectivity index (χ4v) is 4.29. The van der Waals surface area contributed by atoms with E-state index < -0.39 is 0 Å². The summed E-state index contributed by atoms with van der Waals surface area (Å²) in [7, 11) is 0. The molecule has 0 amide bonds. The number of benzene rings is 2. The molecule has 2 aromatic carbocycles. The van der Waals surface area contributed by atoms with E-state index in [-0.39, 0.29) is 12.0 Å². The van der Waals surface area contributed by atoms with E-state index in [0.717, 1.165) is 39.3 Å². The number of anilines is 1. The number of nitrogens with one attached hydrogen (secondary N) is 2. The Morgan fingerprint density at radius 1 is 1.18 bits per heavy atom. The molecular formula is C27H22ClFN4. The van der Waals surface area contributed by atoms with E-state index in [1.54, 1.807) is 12.1 Å². The fraction of sp³-hybridized carbons (Fsp3) is 0.0741. The van der Waals surface area contributed by atoms with Gasteiger partial charge >= 0.3 is 0 Å². The highest BCUT2D eigenvalue weighted by Crippen LogP contribution is 2.39. The second-order valence-corrected chi connectivity index (χ2v) is 8.39. The number of rotatable bonds is 5. The zero-order valence-corrected chi connectivity index (χ0v) is 18.8. The lowest BCUT2D eigenvalue weighted by molar-refractivity contribution is 0.362. The maximum Gasteiger partial charge on any atom is 0.129 e. The van der Waals surface area contributed by atoms with Crippen LogP contribution in [-0.2, 0) is 0 Å². The molecule has 0 aliphatic carbocycles. The lowest BCUT2D eigenvalue weighted by atomic mass is 9.98. The quantitative estimate of drug-likeness (QED) is 0.452. The van der Waals surface area contributed by atoms with Crippen molar-refractivity contribution in [3.63, 3.8) is 0 Å². The van der Waals surface area contributed by atoms with Gasteiger partial charge in [-0.15, -0.1) is 0 Å². The minimum Gasteiger partial charge on any atom is -0.365 e. The highest BCUT2D eigenvalue weighted by Gasteiger charge is 2.30. The van der Waals surface area contributed by atoms with Crippen molar-refractivity contribution in [2.75, 3.05) is 5.32 Å². The van der Waals surface area contributed by atoms with Crippen molar-refractivity contribution >= 4 is 28.6 Å². The van der Waals surface area contributed by atoms with Gasteiger partial charge < -0.3 is 15.5 Å². The summed E-state index contributed by atoms with van der Waals surface area (Å²) in [6, 6.07) is 16.1. The molecule has 33 heavy (non-hydrogen) atoms. The molecule has 0 saturated carbocycles. The van der Waals surface area contributed by atoms with Crippen LogP contribution >= 0.6 is 11.6 Å². The van der Waals surface area contributed by atoms with E-state index in [1.165, 1.54) is 12.1 Å². The maximum absolute atomic E-state index is 13.2. The molecule has 2 aliphatic heterocycles. The number of hydrogen-bond acceptors (Lipinski definition) is 4. The Balaban J connectivity index is 1.42. The van der Waals surface area contributed by atoms with Crippen LogP contribution in [0.2, 0.25) is 5.02 Å². The largest absolute Gasteiger partial charge is 0.365 e. The van der Waals surface area contributed by atoms with E-state index in [9.17, 15) is 4.39 Å². The van der Waals surface area contributed by atoms with Crippen LogP contribution in [0.15, 0.2) is 97.6 Å². The third-order valence-electron chi connectivity index (χ3n) is 5.75. The molecule has 164 valence electrons. The van der Waals surface area contributed by atoms with Gasteiger partial charge in [-0.1, -0.05) is 36.4 Å². The van der Waals surface area contributed by atoms with Gasteiger partial charge in [0.25, 0.3) is 0 Å². The summed E-state index contributed by atoms with van der Waals surface area (Å²) in [5, 5.41) is 7.42. The van der Waals surface area contributed by atoms with Gasteiger partial charge in [-0.2, -0.15) is 0 Å². The second kappa shape index (κ2) is 8.60. The van der Waals surface area contributed by atoms with Gasteiger partial charge in [0.2, 0.25) is 0 Å². The van der Waals surface area contributed by atoms with E-state index in [1.807, 2.05) is 43.6 Å². The number of hydrogen-bond donors (Lipinski definition) is 2. The first-order chi connectivity index (χ1) is 16.0. The van der Waals surface area contributed by atoms with Gasteiger partial charge in [0.15, 0.2) is 0 Å². The summed E-state index contributed by atoms with van der Waals surface area (Å²) in [5.41, 5.74) is 7.39. The zero-order valence-electron chi connectivity index (χ0n) is 18.0. The van der Waals surface area contributed by atoms with Crippen molar-refractivity contribution in [1.82, 2.24) is 15.2 Å². The highest BCUT2D eigenvalue weighted by atomic mass is 35.5. The predicted octanol–water partition coefficient (Wildman–Crippen LogP) is 6.62. The van der Waals surface area contributed by atoms with Gasteiger partial charge in [-0.3, -0.25) is 4.98 Å². The number of nitrogens with zero attached hydrogens (tertiary/aromatic N) is 2. The van der Waals surface area contributed by atoms with Crippen molar-refractivity contribution in [2.24, 2.45) is 0 Å². The van der Waals surface area contributed by atoms with E-state index in [2.05, 4.69) is 51.5 Å². The van der Waals surface area contributed by atoms with Crippen molar-refractivity contribution in [1.29, 1.82) is 0 Å². The molecule has 6 heteroatoms. The summed E-state index contributed by atoms with van der Waals surface area (Å²) < 4.78 is 13.2. The molecule has 1 unspecified atom stereocenters. The van der Waals surface area contributed by atoms with Crippen LogP contribution in [0.4, 0.5) is 10.1 Å². The van der Waals surface area contributed by atoms with Crippen LogP contribution in [-0.4, -0.2) is 9.88 Å². The van der Waals surface area contributed by atoms with Gasteiger partial charge in [-0.25, -0.2) is 4.39 Å². The van der Waals surface area contributed by atoms with E-state index in [0.29, 0.717) is 10.7 Å². The number of halogens is 2. The van der Waals surface area contributed by atoms with Gasteiger partial charge in [0.05, 0.1) is 5.70 Å². The summed E-state index contributed by atoms with van der Waals surface area (Å²) in [6.45, 7) is 6.14. The minimum absolute atomic E-state index is 0.0355. The summed E-state index contributed by atoms with van der Waals surface area (Å²) in [5.74, 6) is -0.276. The molecule has 0 bridgehead atoms. The molecule has 4 nitrogen and oxygen atoms in total. The summed E-state index contributed by atoms with van der Waals surface area (Å²) in [4.78, 5) is 6.81. The Kier molecular flexibility index (Phi) is 5.48. The first-order valence-corrected chi connectivity index (χ1v) is 11.0. The molecule has 2 aliphatic rings. The first kappa shape index (κ1) is 21.0. The SMILES string of the molecule is C=C(Nc1ccc(F)cc1)c1cc(C2=CC=CN3C2=CNC3c2cccc(Cl)c2)cnc1C. The third kappa shape index (κ3) is 4.15. The lowest BCUT2D eigenvalue weighted by Crippen LogP contribution is -2.26. The number of aromatic nitrogens is 1. The molecule has 1 atom stereocenters. The monoisotopic (exact) mass is 456 g/mol. The zero-order chi connectivity index (χ0) is 22.9. The van der Waals surface area contributed by atoms with Crippen LogP contribution in [0.25, 0.3) is 11.3 Å². The Labute approximate surface area is 197 Å². The Hall–Kier alpha value is -3.83. The average molecular weight is 457 g/mol. The summed E-state index contributed by atoms with van der Waals surface area (Å²) >= 11 is 6.22. The minimum atomic E-state index is -0.276. The topological polar surface area (TPSA) is 40.2 Å². The Morgan fingerprint density at radius 2 is 2.00 bits per heavy atom. The van der Waals surface area contributed by atoms with Crippen molar-refractivity contribution < 1.29 is 4.39 Å². The van der Waals surface area contributed by atoms with Gasteiger partial charge in [0, 0.05) is 57.4 Å². The predicted molar refractivity (Wildman–Crippen MR) is 132 cm³/mol. The lowest BCUT2D eigenvalue weighted by Gasteiger charge is -2.29. The van der Waals surface area contributed by atoms with Crippen molar-refractivity contribution in [3.8, 4) is 0 Å². The molecule has 0 spiro atoms. The molecule has 1 aromatic heterocycles. The molecule has 2 N–H and O–H groups in total. The first-order valence-electron chi connectivity index (χ1n) is 10.6. The molecule has 0 radical (unpaired) electrons. The standard InChI is InChI=1S/C27H22ClFN4/c1-17-25(18(2)32-23-10-8-22(29)9-11-23)14-20(15-30-17)24-7-4-12-33-26(24)16-31-27(33)19-5-3-6-21(28)13-19/h3-16,27,31-32H,2H2,1H3. The molecular weight excluding hydrogens is 435 g/mol. The van der Waals surface area contributed by atoms with Crippen LogP contribution in [0.1, 0.15) is 28.6 Å². The third-order valence-corrected chi connectivity index (χ3v) is 5.98. The highest BCUT2D eigenvalue weighted by molar-refractivity contribution is 6.30. The van der Waals surface area contributed by atoms with Crippen molar-refractivity contribution in [3.05, 3.63) is 131 Å². The van der Waals surface area contributed by atoms with Crippen LogP contribution < -0.4 is 10.6 Å². The Morgan fingerprint density at radius 3 is 2.79 bits per heavy atom. The van der Waals surface area contributed by atoms with Gasteiger partial charge in [0.1, 0.15) is 12.0 Å². The van der Waals surface area contributed by atoms with E-state index in [4.69, 9.17) is 11.6 Å². The number of aryl methyl sites for hydroxylation is 1. The van der Waals surface area contributed by atoms with Crippen LogP contribution in [0.5, 0.6) is 0 Å². The van der Waals surface area contributed by atoms with Crippen molar-refractivity contribution in [2.45, 2.75) is 13.1 Å². The van der Waals surface area contributed by atoms with E-state index >= 15 is 0 Å². The molecule has 0 fully saturated rings. The second-order valence-electron chi connectivity index (χ2n) is 7.95. The molecule has 5 rings (SSSR count). The van der Waals surface area contributed by atoms with Crippen LogP contribution in [0, 0.1) is 12.7 Å². The Bertz CT molecular complexity index is 1320. The number of pyridine rings is 1. The molecule has 3 heterocycles. The average Bonchev–Trinajstić information content (AvgIpc) is 3.25. The molecule has 0 saturated heterocycles. The normalized spacial score (nSPS) is 16.6. The molecule has 3 aromatic rings. The number of fused-ring (bicyclic) bond motifs is 1. The van der Waals surface area contributed by atoms with Gasteiger partial charge in [-0.05, 0) is 61.0 Å². The maximum atomic E-state index is 13.2. The van der Waals surface area contributed by atoms with Crippen LogP contribution in [0.3, 0.4) is 0 Å². The number of allylic oxidation sites excluding steroid dienone is 3.